The Kier molecular flexibility index (Phi) is 8.35. The van der Waals surface area contributed by atoms with Crippen molar-refractivity contribution in [2.45, 2.75) is 54.7 Å². The number of carbonyl (C=O) groups excluding carboxylic acids is 3. The summed E-state index contributed by atoms with van der Waals surface area (Å²) in [5.74, 6) is -0.00742. The zero-order valence-corrected chi connectivity index (χ0v) is 20.7. The molecule has 176 valence electrons. The molecule has 5 atom stereocenters. The predicted molar refractivity (Wildman–Crippen MR) is 127 cm³/mol. The van der Waals surface area contributed by atoms with Gasteiger partial charge >= 0.3 is 0 Å². The van der Waals surface area contributed by atoms with E-state index in [9.17, 15) is 14.4 Å². The second kappa shape index (κ2) is 10.8. The number of likely N-dealkylation sites (N-methyl/N-ethyl adjacent to an activating group) is 1. The van der Waals surface area contributed by atoms with Crippen LogP contribution in [0.1, 0.15) is 33.1 Å². The minimum absolute atomic E-state index is 0.0102. The third-order valence-electron chi connectivity index (χ3n) is 6.37. The lowest BCUT2D eigenvalue weighted by Crippen LogP contribution is -2.49. The topological polar surface area (TPSA) is 91.8 Å². The quantitative estimate of drug-likeness (QED) is 0.604. The number of carbonyl (C=O) groups is 3. The Balaban J connectivity index is 1.67. The van der Waals surface area contributed by atoms with E-state index in [1.54, 1.807) is 30.0 Å². The molecule has 2 fully saturated rings. The fourth-order valence-corrected chi connectivity index (χ4v) is 6.96. The Morgan fingerprint density at radius 2 is 2.16 bits per heavy atom. The maximum absolute atomic E-state index is 13.5. The van der Waals surface area contributed by atoms with Crippen molar-refractivity contribution >= 4 is 46.0 Å². The van der Waals surface area contributed by atoms with E-state index in [1.165, 1.54) is 24.3 Å². The third kappa shape index (κ3) is 5.71. The predicted octanol–water partition coefficient (Wildman–Crippen LogP) is 2.87. The maximum atomic E-state index is 13.5. The summed E-state index contributed by atoms with van der Waals surface area (Å²) in [6.07, 6.45) is 5.27. The van der Waals surface area contributed by atoms with E-state index in [2.05, 4.69) is 23.8 Å². The molecule has 1 saturated heterocycles. The Morgan fingerprint density at radius 1 is 1.41 bits per heavy atom. The fraction of sp³-hybridized carbons (Fsp3) is 0.636. The van der Waals surface area contributed by atoms with Crippen LogP contribution in [0.2, 0.25) is 0 Å². The number of anilines is 1. The molecule has 3 amide bonds. The number of nitrogens with zero attached hydrogens (tertiary/aromatic N) is 3. The van der Waals surface area contributed by atoms with Gasteiger partial charge in [-0.25, -0.2) is 4.98 Å². The Labute approximate surface area is 197 Å². The van der Waals surface area contributed by atoms with E-state index in [0.29, 0.717) is 30.6 Å². The first kappa shape index (κ1) is 24.7. The van der Waals surface area contributed by atoms with Crippen molar-refractivity contribution in [1.29, 1.82) is 0 Å². The summed E-state index contributed by atoms with van der Waals surface area (Å²) < 4.78 is 6.76. The first-order valence-electron chi connectivity index (χ1n) is 10.8. The van der Waals surface area contributed by atoms with Crippen LogP contribution in [0.4, 0.5) is 5.13 Å². The number of hydrogen-bond acceptors (Lipinski definition) is 7. The molecule has 1 aliphatic heterocycles. The normalized spacial score (nSPS) is 27.8. The van der Waals surface area contributed by atoms with Gasteiger partial charge in [-0.2, -0.15) is 0 Å². The van der Waals surface area contributed by atoms with Crippen LogP contribution in [-0.2, 0) is 19.1 Å². The van der Waals surface area contributed by atoms with Crippen molar-refractivity contribution in [1.82, 2.24) is 14.8 Å². The van der Waals surface area contributed by atoms with Crippen molar-refractivity contribution in [3.8, 4) is 0 Å². The van der Waals surface area contributed by atoms with E-state index in [-0.39, 0.29) is 41.0 Å². The second-order valence-electron chi connectivity index (χ2n) is 8.53. The standard InChI is InChI=1S/C22H32N4O4S2/c1-6-19(28)26-8-7-15(12-26)25(4)21(29)16-10-18(13(2)9-17(16)30-5)31-20-11-23-22(32-20)24-14(3)27/h6,11,13,15-18H,1,7-10,12H2,2-5H3,(H,23,24,27)/t13?,15-,16?,17?,18?/m1/s1. The summed E-state index contributed by atoms with van der Waals surface area (Å²) in [6.45, 7) is 8.40. The van der Waals surface area contributed by atoms with E-state index >= 15 is 0 Å². The number of methoxy groups -OCH3 is 1. The molecule has 1 saturated carbocycles. The van der Waals surface area contributed by atoms with Gasteiger partial charge in [-0.1, -0.05) is 24.8 Å². The monoisotopic (exact) mass is 480 g/mol. The molecular formula is C22H32N4O4S2. The van der Waals surface area contributed by atoms with Gasteiger partial charge in [0.25, 0.3) is 0 Å². The number of likely N-dealkylation sites (tertiary alicyclic amines) is 1. The van der Waals surface area contributed by atoms with Crippen LogP contribution in [0.5, 0.6) is 0 Å². The van der Waals surface area contributed by atoms with E-state index in [0.717, 1.165) is 17.1 Å². The summed E-state index contributed by atoms with van der Waals surface area (Å²) in [4.78, 5) is 44.5. The summed E-state index contributed by atoms with van der Waals surface area (Å²) in [5.41, 5.74) is 0. The highest BCUT2D eigenvalue weighted by Gasteiger charge is 2.42. The van der Waals surface area contributed by atoms with E-state index in [4.69, 9.17) is 4.74 Å². The SMILES string of the molecule is C=CC(=O)N1CC[C@@H](N(C)C(=O)C2CC(Sc3cnc(NC(C)=O)s3)C(C)CC2OC)C1. The molecule has 1 aromatic rings. The molecule has 4 unspecified atom stereocenters. The van der Waals surface area contributed by atoms with Crippen LogP contribution in [0.3, 0.4) is 0 Å². The molecule has 2 heterocycles. The average Bonchev–Trinajstić information content (AvgIpc) is 3.42. The lowest BCUT2D eigenvalue weighted by molar-refractivity contribution is -0.143. The molecule has 0 radical (unpaired) electrons. The first-order chi connectivity index (χ1) is 15.2. The minimum atomic E-state index is -0.231. The third-order valence-corrected chi connectivity index (χ3v) is 8.92. The van der Waals surface area contributed by atoms with Gasteiger partial charge in [-0.3, -0.25) is 14.4 Å². The lowest BCUT2D eigenvalue weighted by Gasteiger charge is -2.40. The smallest absolute Gasteiger partial charge is 0.246 e. The number of nitrogens with one attached hydrogen (secondary N) is 1. The molecule has 0 bridgehead atoms. The van der Waals surface area contributed by atoms with E-state index < -0.39 is 0 Å². The Morgan fingerprint density at radius 3 is 2.81 bits per heavy atom. The zero-order chi connectivity index (χ0) is 23.4. The highest BCUT2D eigenvalue weighted by Crippen LogP contribution is 2.43. The van der Waals surface area contributed by atoms with Gasteiger partial charge in [0.15, 0.2) is 5.13 Å². The van der Waals surface area contributed by atoms with Gasteiger partial charge in [0.1, 0.15) is 0 Å². The molecule has 1 aromatic heterocycles. The fourth-order valence-electron chi connectivity index (χ4n) is 4.50. The molecular weight excluding hydrogens is 448 g/mol. The molecule has 0 spiro atoms. The van der Waals surface area contributed by atoms with Crippen LogP contribution in [0.15, 0.2) is 23.1 Å². The minimum Gasteiger partial charge on any atom is -0.381 e. The first-order valence-corrected chi connectivity index (χ1v) is 12.5. The summed E-state index contributed by atoms with van der Waals surface area (Å²) in [6, 6.07) is 0.0102. The van der Waals surface area contributed by atoms with Crippen molar-refractivity contribution < 1.29 is 19.1 Å². The zero-order valence-electron chi connectivity index (χ0n) is 19.1. The molecule has 10 heteroatoms. The van der Waals surface area contributed by atoms with E-state index in [1.807, 2.05) is 11.9 Å². The molecule has 3 rings (SSSR count). The largest absolute Gasteiger partial charge is 0.381 e. The number of ether oxygens (including phenoxy) is 1. The summed E-state index contributed by atoms with van der Waals surface area (Å²) >= 11 is 3.17. The van der Waals surface area contributed by atoms with Crippen molar-refractivity contribution in [2.75, 3.05) is 32.6 Å². The van der Waals surface area contributed by atoms with Gasteiger partial charge in [0, 0.05) is 39.4 Å². The van der Waals surface area contributed by atoms with Gasteiger partial charge in [-0.05, 0) is 31.3 Å². The number of thioether (sulfide) groups is 1. The van der Waals surface area contributed by atoms with Crippen LogP contribution in [0.25, 0.3) is 0 Å². The van der Waals surface area contributed by atoms with Crippen LogP contribution in [-0.4, -0.2) is 77.1 Å². The lowest BCUT2D eigenvalue weighted by atomic mass is 9.79. The van der Waals surface area contributed by atoms with Gasteiger partial charge in [0.2, 0.25) is 17.7 Å². The molecule has 2 aliphatic rings. The number of aromatic nitrogens is 1. The second-order valence-corrected chi connectivity index (χ2v) is 11.1. The highest BCUT2D eigenvalue weighted by atomic mass is 32.2. The number of hydrogen-bond donors (Lipinski definition) is 1. The van der Waals surface area contributed by atoms with Crippen molar-refractivity contribution in [2.24, 2.45) is 11.8 Å². The number of thiazole rings is 1. The highest BCUT2D eigenvalue weighted by molar-refractivity contribution is 8.01. The van der Waals surface area contributed by atoms with Gasteiger partial charge in [-0.15, -0.1) is 11.8 Å². The van der Waals surface area contributed by atoms with Crippen molar-refractivity contribution in [3.63, 3.8) is 0 Å². The van der Waals surface area contributed by atoms with Crippen LogP contribution in [0, 0.1) is 11.8 Å². The van der Waals surface area contributed by atoms with Crippen LogP contribution < -0.4 is 5.32 Å². The number of amides is 3. The Bertz CT molecular complexity index is 861. The summed E-state index contributed by atoms with van der Waals surface area (Å²) in [7, 11) is 3.51. The van der Waals surface area contributed by atoms with Gasteiger partial charge < -0.3 is 19.9 Å². The van der Waals surface area contributed by atoms with Crippen LogP contribution >= 0.6 is 23.1 Å². The molecule has 1 N–H and O–H groups in total. The summed E-state index contributed by atoms with van der Waals surface area (Å²) in [5, 5.41) is 3.55. The maximum Gasteiger partial charge on any atom is 0.246 e. The molecule has 1 aliphatic carbocycles. The number of rotatable bonds is 7. The Hall–Kier alpha value is -1.91. The molecule has 0 aromatic carbocycles. The molecule has 8 nitrogen and oxygen atoms in total. The average molecular weight is 481 g/mol. The van der Waals surface area contributed by atoms with Gasteiger partial charge in [0.05, 0.1) is 28.5 Å². The molecule has 32 heavy (non-hydrogen) atoms. The van der Waals surface area contributed by atoms with Crippen molar-refractivity contribution in [3.05, 3.63) is 18.9 Å².